The highest BCUT2D eigenvalue weighted by Gasteiger charge is 2.11. The molecule has 1 heterocycles. The summed E-state index contributed by atoms with van der Waals surface area (Å²) in [7, 11) is 0. The molecule has 0 saturated carbocycles. The second-order valence-electron chi connectivity index (χ2n) is 4.50. The van der Waals surface area contributed by atoms with Crippen LogP contribution in [0.15, 0.2) is 18.2 Å². The largest absolute Gasteiger partial charge is 0.370 e. The molecule has 0 bridgehead atoms. The van der Waals surface area contributed by atoms with Crippen LogP contribution in [0.4, 0.5) is 11.6 Å². The van der Waals surface area contributed by atoms with E-state index in [0.717, 1.165) is 31.1 Å². The van der Waals surface area contributed by atoms with Crippen LogP contribution in [0.25, 0.3) is 0 Å². The SMILES string of the molecule is CCCNc1cccc(N(CCC#N)C(C)C)n1. The van der Waals surface area contributed by atoms with Gasteiger partial charge in [0, 0.05) is 19.1 Å². The normalized spacial score (nSPS) is 10.2. The Morgan fingerprint density at radius 2 is 2.22 bits per heavy atom. The summed E-state index contributed by atoms with van der Waals surface area (Å²) in [6, 6.07) is 8.50. The first kappa shape index (κ1) is 14.3. The van der Waals surface area contributed by atoms with Crippen molar-refractivity contribution < 1.29 is 0 Å². The first-order valence-corrected chi connectivity index (χ1v) is 6.53. The van der Waals surface area contributed by atoms with E-state index >= 15 is 0 Å². The summed E-state index contributed by atoms with van der Waals surface area (Å²) in [4.78, 5) is 6.74. The zero-order chi connectivity index (χ0) is 13.4. The minimum atomic E-state index is 0.340. The molecule has 1 aromatic rings. The van der Waals surface area contributed by atoms with E-state index < -0.39 is 0 Å². The van der Waals surface area contributed by atoms with Crippen molar-refractivity contribution in [1.82, 2.24) is 4.98 Å². The predicted octanol–water partition coefficient (Wildman–Crippen LogP) is 3.03. The molecule has 4 heteroatoms. The van der Waals surface area contributed by atoms with Crippen molar-refractivity contribution in [2.45, 2.75) is 39.7 Å². The lowest BCUT2D eigenvalue weighted by Crippen LogP contribution is -2.32. The molecule has 0 unspecified atom stereocenters. The third-order valence-electron chi connectivity index (χ3n) is 2.67. The summed E-state index contributed by atoms with van der Waals surface area (Å²) in [5.41, 5.74) is 0. The molecule has 18 heavy (non-hydrogen) atoms. The number of hydrogen-bond acceptors (Lipinski definition) is 4. The Kier molecular flexibility index (Phi) is 5.99. The van der Waals surface area contributed by atoms with E-state index in [1.165, 1.54) is 0 Å². The Balaban J connectivity index is 2.81. The fourth-order valence-corrected chi connectivity index (χ4v) is 1.74. The zero-order valence-corrected chi connectivity index (χ0v) is 11.5. The Morgan fingerprint density at radius 1 is 1.44 bits per heavy atom. The lowest BCUT2D eigenvalue weighted by molar-refractivity contribution is 0.677. The highest BCUT2D eigenvalue weighted by atomic mass is 15.2. The van der Waals surface area contributed by atoms with Crippen LogP contribution in [0.3, 0.4) is 0 Å². The standard InChI is InChI=1S/C14H22N4/c1-4-10-16-13-7-5-8-14(17-13)18(12(2)3)11-6-9-15/h5,7-8,12H,4,6,10-11H2,1-3H3,(H,16,17). The van der Waals surface area contributed by atoms with Crippen LogP contribution in [0.1, 0.15) is 33.6 Å². The van der Waals surface area contributed by atoms with Gasteiger partial charge in [-0.2, -0.15) is 5.26 Å². The second kappa shape index (κ2) is 7.54. The van der Waals surface area contributed by atoms with Gasteiger partial charge >= 0.3 is 0 Å². The fraction of sp³-hybridized carbons (Fsp3) is 0.571. The van der Waals surface area contributed by atoms with Crippen molar-refractivity contribution in [3.05, 3.63) is 18.2 Å². The summed E-state index contributed by atoms with van der Waals surface area (Å²) in [6.07, 6.45) is 1.60. The molecular weight excluding hydrogens is 224 g/mol. The maximum Gasteiger partial charge on any atom is 0.131 e. The topological polar surface area (TPSA) is 52.0 Å². The maximum absolute atomic E-state index is 8.71. The molecule has 0 fully saturated rings. The zero-order valence-electron chi connectivity index (χ0n) is 11.5. The smallest absolute Gasteiger partial charge is 0.131 e. The summed E-state index contributed by atoms with van der Waals surface area (Å²) in [6.45, 7) is 8.01. The van der Waals surface area contributed by atoms with E-state index in [0.29, 0.717) is 12.5 Å². The first-order chi connectivity index (χ1) is 8.69. The van der Waals surface area contributed by atoms with Crippen molar-refractivity contribution in [2.24, 2.45) is 0 Å². The molecule has 0 spiro atoms. The van der Waals surface area contributed by atoms with Gasteiger partial charge in [0.1, 0.15) is 11.6 Å². The molecule has 4 nitrogen and oxygen atoms in total. The van der Waals surface area contributed by atoms with Gasteiger partial charge in [-0.25, -0.2) is 4.98 Å². The number of pyridine rings is 1. The summed E-state index contributed by atoms with van der Waals surface area (Å²) < 4.78 is 0. The van der Waals surface area contributed by atoms with E-state index in [9.17, 15) is 0 Å². The number of nitrogens with one attached hydrogen (secondary N) is 1. The molecule has 0 aromatic carbocycles. The van der Waals surface area contributed by atoms with Gasteiger partial charge in [-0.3, -0.25) is 0 Å². The summed E-state index contributed by atoms with van der Waals surface area (Å²) in [5, 5.41) is 12.0. The number of hydrogen-bond donors (Lipinski definition) is 1. The molecule has 0 atom stereocenters. The Hall–Kier alpha value is -1.76. The van der Waals surface area contributed by atoms with Gasteiger partial charge in [-0.1, -0.05) is 13.0 Å². The minimum absolute atomic E-state index is 0.340. The van der Waals surface area contributed by atoms with Crippen molar-refractivity contribution in [2.75, 3.05) is 23.3 Å². The molecule has 1 N–H and O–H groups in total. The molecule has 1 aromatic heterocycles. The maximum atomic E-state index is 8.71. The van der Waals surface area contributed by atoms with Gasteiger partial charge < -0.3 is 10.2 Å². The van der Waals surface area contributed by atoms with Crippen LogP contribution in [0, 0.1) is 11.3 Å². The molecule has 0 radical (unpaired) electrons. The summed E-state index contributed by atoms with van der Waals surface area (Å²) >= 11 is 0. The van der Waals surface area contributed by atoms with E-state index in [1.807, 2.05) is 18.2 Å². The Morgan fingerprint density at radius 3 is 2.83 bits per heavy atom. The van der Waals surface area contributed by atoms with Crippen molar-refractivity contribution in [3.63, 3.8) is 0 Å². The lowest BCUT2D eigenvalue weighted by atomic mass is 10.2. The summed E-state index contributed by atoms with van der Waals surface area (Å²) in [5.74, 6) is 1.83. The number of nitriles is 1. The first-order valence-electron chi connectivity index (χ1n) is 6.53. The minimum Gasteiger partial charge on any atom is -0.370 e. The number of rotatable bonds is 7. The Labute approximate surface area is 110 Å². The number of aromatic nitrogens is 1. The van der Waals surface area contributed by atoms with Crippen LogP contribution < -0.4 is 10.2 Å². The van der Waals surface area contributed by atoms with Gasteiger partial charge in [0.25, 0.3) is 0 Å². The molecule has 98 valence electrons. The number of anilines is 2. The average molecular weight is 246 g/mol. The van der Waals surface area contributed by atoms with Crippen molar-refractivity contribution in [3.8, 4) is 6.07 Å². The number of nitrogens with zero attached hydrogens (tertiary/aromatic N) is 3. The van der Waals surface area contributed by atoms with E-state index in [2.05, 4.69) is 42.0 Å². The lowest BCUT2D eigenvalue weighted by Gasteiger charge is -2.27. The quantitative estimate of drug-likeness (QED) is 0.803. The molecule has 0 aliphatic carbocycles. The molecule has 0 amide bonds. The fourth-order valence-electron chi connectivity index (χ4n) is 1.74. The molecular formula is C14H22N4. The predicted molar refractivity (Wildman–Crippen MR) is 75.7 cm³/mol. The third-order valence-corrected chi connectivity index (χ3v) is 2.67. The molecule has 0 aliphatic heterocycles. The molecule has 1 rings (SSSR count). The van der Waals surface area contributed by atoms with Crippen LogP contribution in [0.5, 0.6) is 0 Å². The van der Waals surface area contributed by atoms with Crippen LogP contribution >= 0.6 is 0 Å². The van der Waals surface area contributed by atoms with Gasteiger partial charge in [0.15, 0.2) is 0 Å². The van der Waals surface area contributed by atoms with Crippen LogP contribution in [-0.2, 0) is 0 Å². The van der Waals surface area contributed by atoms with E-state index in [-0.39, 0.29) is 0 Å². The van der Waals surface area contributed by atoms with Crippen molar-refractivity contribution in [1.29, 1.82) is 5.26 Å². The van der Waals surface area contributed by atoms with Crippen molar-refractivity contribution >= 4 is 11.6 Å². The third kappa shape index (κ3) is 4.25. The van der Waals surface area contributed by atoms with Crippen LogP contribution in [-0.4, -0.2) is 24.1 Å². The average Bonchev–Trinajstić information content (AvgIpc) is 2.37. The van der Waals surface area contributed by atoms with Crippen LogP contribution in [0.2, 0.25) is 0 Å². The van der Waals surface area contributed by atoms with Gasteiger partial charge in [0.2, 0.25) is 0 Å². The highest BCUT2D eigenvalue weighted by molar-refractivity contribution is 5.47. The second-order valence-corrected chi connectivity index (χ2v) is 4.50. The molecule has 0 aliphatic rings. The highest BCUT2D eigenvalue weighted by Crippen LogP contribution is 2.17. The van der Waals surface area contributed by atoms with E-state index in [4.69, 9.17) is 5.26 Å². The van der Waals surface area contributed by atoms with Gasteiger partial charge in [0.05, 0.1) is 12.5 Å². The van der Waals surface area contributed by atoms with Gasteiger partial charge in [-0.05, 0) is 32.4 Å². The molecule has 0 saturated heterocycles. The van der Waals surface area contributed by atoms with E-state index in [1.54, 1.807) is 0 Å². The Bertz CT molecular complexity index is 395. The van der Waals surface area contributed by atoms with Gasteiger partial charge in [-0.15, -0.1) is 0 Å². The monoisotopic (exact) mass is 246 g/mol.